The summed E-state index contributed by atoms with van der Waals surface area (Å²) in [6, 6.07) is 11.3. The number of nitrogens with one attached hydrogen (secondary N) is 2. The number of aromatic nitrogens is 2. The maximum absolute atomic E-state index is 13.3. The standard InChI is InChI=1S/C22H17N3O4/c1-29-21(28)16-7-13-19(24-16)17(26)8-18-22(13)9-12(22)10-25(18)20(27)15-6-11-4-2-3-5-14(11)23-15/h2-8,12,23-24H,9-10H2,1H3/t12-,22-/m1/s1. The van der Waals surface area contributed by atoms with Crippen LogP contribution in [-0.4, -0.2) is 46.2 Å². The summed E-state index contributed by atoms with van der Waals surface area (Å²) in [7, 11) is 1.31. The highest BCUT2D eigenvalue weighted by Gasteiger charge is 2.67. The molecular weight excluding hydrogens is 370 g/mol. The van der Waals surface area contributed by atoms with Gasteiger partial charge in [0.1, 0.15) is 11.4 Å². The fraction of sp³-hybridized carbons (Fsp3) is 0.227. The Kier molecular flexibility index (Phi) is 2.96. The van der Waals surface area contributed by atoms with Gasteiger partial charge >= 0.3 is 5.97 Å². The third-order valence-electron chi connectivity index (χ3n) is 6.48. The van der Waals surface area contributed by atoms with Crippen LogP contribution in [0.15, 0.2) is 48.2 Å². The molecule has 2 fully saturated rings. The van der Waals surface area contributed by atoms with Crippen molar-refractivity contribution in [3.63, 3.8) is 0 Å². The largest absolute Gasteiger partial charge is 0.464 e. The van der Waals surface area contributed by atoms with E-state index >= 15 is 0 Å². The van der Waals surface area contributed by atoms with Gasteiger partial charge in [-0.15, -0.1) is 0 Å². The molecule has 0 radical (unpaired) electrons. The van der Waals surface area contributed by atoms with Crippen molar-refractivity contribution in [1.29, 1.82) is 0 Å². The molecule has 0 unspecified atom stereocenters. The van der Waals surface area contributed by atoms with E-state index < -0.39 is 5.97 Å². The summed E-state index contributed by atoms with van der Waals surface area (Å²) < 4.78 is 4.79. The molecule has 1 amide bonds. The van der Waals surface area contributed by atoms with Crippen LogP contribution in [0, 0.1) is 5.92 Å². The summed E-state index contributed by atoms with van der Waals surface area (Å²) in [5.74, 6) is -0.627. The van der Waals surface area contributed by atoms with Gasteiger partial charge in [-0.3, -0.25) is 9.59 Å². The molecular formula is C22H17N3O4. The van der Waals surface area contributed by atoms with Gasteiger partial charge in [0.15, 0.2) is 0 Å². The number of amides is 1. The van der Waals surface area contributed by atoms with Gasteiger partial charge in [-0.2, -0.15) is 0 Å². The number of allylic oxidation sites excluding steroid dienone is 2. The Morgan fingerprint density at radius 2 is 2.00 bits per heavy atom. The second-order valence-electron chi connectivity index (χ2n) is 7.92. The van der Waals surface area contributed by atoms with Crippen molar-refractivity contribution in [2.45, 2.75) is 11.8 Å². The number of ether oxygens (including phenoxy) is 1. The Hall–Kier alpha value is -3.61. The van der Waals surface area contributed by atoms with E-state index in [4.69, 9.17) is 4.74 Å². The molecule has 7 heteroatoms. The molecule has 1 aromatic carbocycles. The van der Waals surface area contributed by atoms with Crippen LogP contribution in [0.5, 0.6) is 0 Å². The molecule has 7 nitrogen and oxygen atoms in total. The number of hydrogen-bond acceptors (Lipinski definition) is 4. The lowest BCUT2D eigenvalue weighted by molar-refractivity contribution is 0.0594. The van der Waals surface area contributed by atoms with Crippen molar-refractivity contribution < 1.29 is 19.1 Å². The summed E-state index contributed by atoms with van der Waals surface area (Å²) in [6.07, 6.45) is 2.42. The highest BCUT2D eigenvalue weighted by Crippen LogP contribution is 2.66. The molecule has 6 rings (SSSR count). The maximum atomic E-state index is 13.3. The fourth-order valence-corrected chi connectivity index (χ4v) is 5.04. The Bertz CT molecular complexity index is 1250. The Labute approximate surface area is 165 Å². The van der Waals surface area contributed by atoms with Gasteiger partial charge in [0.2, 0.25) is 5.78 Å². The van der Waals surface area contributed by atoms with Gasteiger partial charge in [0.25, 0.3) is 5.91 Å². The molecule has 2 atom stereocenters. The number of methoxy groups -OCH3 is 1. The number of para-hydroxylation sites is 1. The first-order valence-electron chi connectivity index (χ1n) is 9.51. The molecule has 1 aliphatic heterocycles. The number of ketones is 1. The first-order chi connectivity index (χ1) is 14.0. The maximum Gasteiger partial charge on any atom is 0.354 e. The molecule has 1 saturated carbocycles. The minimum absolute atomic E-state index is 0.140. The molecule has 2 aliphatic carbocycles. The number of aromatic amines is 2. The number of rotatable bonds is 2. The number of carbonyl (C=O) groups excluding carboxylic acids is 3. The predicted octanol–water partition coefficient (Wildman–Crippen LogP) is 2.78. The van der Waals surface area contributed by atoms with Crippen LogP contribution in [0.4, 0.5) is 0 Å². The minimum Gasteiger partial charge on any atom is -0.464 e. The van der Waals surface area contributed by atoms with Crippen LogP contribution < -0.4 is 0 Å². The summed E-state index contributed by atoms with van der Waals surface area (Å²) in [4.78, 5) is 45.8. The molecule has 2 aromatic heterocycles. The average molecular weight is 387 g/mol. The van der Waals surface area contributed by atoms with Crippen LogP contribution >= 0.6 is 0 Å². The molecule has 3 aliphatic rings. The second-order valence-corrected chi connectivity index (χ2v) is 7.92. The third kappa shape index (κ3) is 1.99. The smallest absolute Gasteiger partial charge is 0.354 e. The minimum atomic E-state index is -0.508. The van der Waals surface area contributed by atoms with Gasteiger partial charge in [-0.25, -0.2) is 4.79 Å². The van der Waals surface area contributed by atoms with E-state index in [0.717, 1.165) is 28.6 Å². The Morgan fingerprint density at radius 3 is 2.79 bits per heavy atom. The Balaban J connectivity index is 1.41. The monoisotopic (exact) mass is 387 g/mol. The second kappa shape index (κ2) is 5.26. The number of piperidine rings is 1. The molecule has 1 saturated heterocycles. The van der Waals surface area contributed by atoms with Gasteiger partial charge in [0.05, 0.1) is 12.8 Å². The van der Waals surface area contributed by atoms with Crippen molar-refractivity contribution in [2.75, 3.05) is 13.7 Å². The predicted molar refractivity (Wildman–Crippen MR) is 104 cm³/mol. The van der Waals surface area contributed by atoms with E-state index in [1.165, 1.54) is 7.11 Å². The number of esters is 1. The summed E-state index contributed by atoms with van der Waals surface area (Å²) in [5, 5.41) is 0.972. The number of likely N-dealkylation sites (tertiary alicyclic amines) is 1. The molecule has 3 aromatic rings. The molecule has 144 valence electrons. The van der Waals surface area contributed by atoms with Gasteiger partial charge in [0, 0.05) is 34.6 Å². The first-order valence-corrected chi connectivity index (χ1v) is 9.51. The van der Waals surface area contributed by atoms with E-state index in [9.17, 15) is 14.4 Å². The topological polar surface area (TPSA) is 95.3 Å². The summed E-state index contributed by atoms with van der Waals surface area (Å²) in [5.41, 5.74) is 3.27. The quantitative estimate of drug-likeness (QED) is 0.661. The van der Waals surface area contributed by atoms with Crippen molar-refractivity contribution in [3.8, 4) is 0 Å². The van der Waals surface area contributed by atoms with Crippen LogP contribution in [0.25, 0.3) is 10.9 Å². The number of hydrogen-bond donors (Lipinski definition) is 2. The third-order valence-corrected chi connectivity index (χ3v) is 6.48. The number of nitrogens with zero attached hydrogens (tertiary/aromatic N) is 1. The van der Waals surface area contributed by atoms with Crippen LogP contribution in [0.3, 0.4) is 0 Å². The van der Waals surface area contributed by atoms with Gasteiger partial charge in [-0.05, 0) is 36.1 Å². The highest BCUT2D eigenvalue weighted by atomic mass is 16.5. The van der Waals surface area contributed by atoms with Crippen LogP contribution in [-0.2, 0) is 10.2 Å². The lowest BCUT2D eigenvalue weighted by Gasteiger charge is -2.27. The first kappa shape index (κ1) is 16.4. The van der Waals surface area contributed by atoms with E-state index in [1.54, 1.807) is 17.0 Å². The summed E-state index contributed by atoms with van der Waals surface area (Å²) >= 11 is 0. The fourth-order valence-electron chi connectivity index (χ4n) is 5.04. The SMILES string of the molecule is COC(=O)c1cc2c([nH]1)C(=O)C=C1N(C(=O)c3cc4ccccc4[nH]3)C[C@H]3C[C@]123. The molecule has 1 spiro atoms. The normalized spacial score (nSPS) is 24.0. The van der Waals surface area contributed by atoms with E-state index in [2.05, 4.69) is 9.97 Å². The average Bonchev–Trinajstić information content (AvgIpc) is 3.10. The lowest BCUT2D eigenvalue weighted by atomic mass is 9.85. The Morgan fingerprint density at radius 1 is 1.17 bits per heavy atom. The van der Waals surface area contributed by atoms with Crippen molar-refractivity contribution in [3.05, 3.63) is 70.8 Å². The zero-order valence-corrected chi connectivity index (χ0v) is 15.6. The number of H-pyrrole nitrogens is 2. The van der Waals surface area contributed by atoms with E-state index in [1.807, 2.05) is 30.3 Å². The van der Waals surface area contributed by atoms with Crippen molar-refractivity contribution in [1.82, 2.24) is 14.9 Å². The van der Waals surface area contributed by atoms with Crippen LogP contribution in [0.1, 0.15) is 43.4 Å². The lowest BCUT2D eigenvalue weighted by Crippen LogP contribution is -2.33. The molecule has 29 heavy (non-hydrogen) atoms. The number of benzene rings is 1. The zero-order valence-electron chi connectivity index (χ0n) is 15.6. The zero-order chi connectivity index (χ0) is 19.9. The van der Waals surface area contributed by atoms with E-state index in [-0.39, 0.29) is 28.7 Å². The molecule has 0 bridgehead atoms. The van der Waals surface area contributed by atoms with Gasteiger partial charge in [-0.1, -0.05) is 18.2 Å². The molecule has 3 heterocycles. The van der Waals surface area contributed by atoms with Crippen molar-refractivity contribution >= 4 is 28.6 Å². The number of carbonyl (C=O) groups is 3. The number of fused-ring (bicyclic) bond motifs is 2. The molecule has 2 N–H and O–H groups in total. The highest BCUT2D eigenvalue weighted by molar-refractivity contribution is 6.10. The van der Waals surface area contributed by atoms with Gasteiger partial charge < -0.3 is 19.6 Å². The van der Waals surface area contributed by atoms with Crippen molar-refractivity contribution in [2.24, 2.45) is 5.92 Å². The summed E-state index contributed by atoms with van der Waals surface area (Å²) in [6.45, 7) is 0.561. The van der Waals surface area contributed by atoms with Crippen LogP contribution in [0.2, 0.25) is 0 Å². The van der Waals surface area contributed by atoms with E-state index in [0.29, 0.717) is 17.9 Å².